The van der Waals surface area contributed by atoms with Crippen molar-refractivity contribution in [3.63, 3.8) is 0 Å². The molecule has 7 heteroatoms. The molecule has 0 saturated heterocycles. The molecule has 0 aliphatic rings. The summed E-state index contributed by atoms with van der Waals surface area (Å²) in [5.74, 6) is 0.263. The van der Waals surface area contributed by atoms with Crippen LogP contribution >= 0.6 is 0 Å². The molecule has 2 aromatic heterocycles. The number of carbonyl (C=O) groups is 1. The molecule has 2 aromatic carbocycles. The smallest absolute Gasteiger partial charge is 0.293 e. The zero-order valence-electron chi connectivity index (χ0n) is 17.9. The van der Waals surface area contributed by atoms with E-state index in [2.05, 4.69) is 34.6 Å². The average molecular weight is 415 g/mol. The topological polar surface area (TPSA) is 81.3 Å². The number of hydrogen-bond acceptors (Lipinski definition) is 4. The fourth-order valence-corrected chi connectivity index (χ4v) is 3.58. The van der Waals surface area contributed by atoms with E-state index in [0.29, 0.717) is 17.0 Å². The highest BCUT2D eigenvalue weighted by Gasteiger charge is 2.16. The van der Waals surface area contributed by atoms with Crippen molar-refractivity contribution in [3.05, 3.63) is 88.0 Å². The molecule has 1 amide bonds. The summed E-state index contributed by atoms with van der Waals surface area (Å²) < 4.78 is 2.73. The molecule has 1 atom stereocenters. The van der Waals surface area contributed by atoms with E-state index in [-0.39, 0.29) is 24.1 Å². The van der Waals surface area contributed by atoms with Gasteiger partial charge in [-0.2, -0.15) is 10.2 Å². The number of fused-ring (bicyclic) bond motifs is 1. The molecule has 0 spiro atoms. The summed E-state index contributed by atoms with van der Waals surface area (Å²) in [6, 6.07) is 19.4. The first kappa shape index (κ1) is 20.5. The Kier molecular flexibility index (Phi) is 5.66. The van der Waals surface area contributed by atoms with E-state index in [1.54, 1.807) is 13.0 Å². The van der Waals surface area contributed by atoms with Crippen molar-refractivity contribution in [2.45, 2.75) is 39.8 Å². The molecule has 1 N–H and O–H groups in total. The van der Waals surface area contributed by atoms with E-state index in [1.165, 1.54) is 14.8 Å². The quantitative estimate of drug-likeness (QED) is 0.524. The van der Waals surface area contributed by atoms with Crippen molar-refractivity contribution < 1.29 is 4.79 Å². The Morgan fingerprint density at radius 2 is 1.77 bits per heavy atom. The Morgan fingerprint density at radius 3 is 2.45 bits per heavy atom. The SMILES string of the molecule is CCc1ccc(-c2cc3c(=O)n(CC(=O)N[C@@H](C)c4ccccc4)nc(C)n3n2)cc1. The second-order valence-electron chi connectivity index (χ2n) is 7.59. The predicted molar refractivity (Wildman–Crippen MR) is 120 cm³/mol. The van der Waals surface area contributed by atoms with E-state index < -0.39 is 0 Å². The Morgan fingerprint density at radius 1 is 1.06 bits per heavy atom. The third kappa shape index (κ3) is 4.26. The lowest BCUT2D eigenvalue weighted by Crippen LogP contribution is -2.36. The first-order valence-electron chi connectivity index (χ1n) is 10.4. The summed E-state index contributed by atoms with van der Waals surface area (Å²) >= 11 is 0. The summed E-state index contributed by atoms with van der Waals surface area (Å²) in [6.07, 6.45) is 0.962. The molecule has 0 bridgehead atoms. The lowest BCUT2D eigenvalue weighted by Gasteiger charge is -2.14. The number of nitrogens with zero attached hydrogens (tertiary/aromatic N) is 4. The normalized spacial score (nSPS) is 12.1. The minimum absolute atomic E-state index is 0.154. The molecule has 2 heterocycles. The van der Waals surface area contributed by atoms with Gasteiger partial charge < -0.3 is 5.32 Å². The van der Waals surface area contributed by atoms with Gasteiger partial charge in [-0.3, -0.25) is 9.59 Å². The molecule has 0 saturated carbocycles. The summed E-state index contributed by atoms with van der Waals surface area (Å²) in [4.78, 5) is 25.5. The first-order valence-corrected chi connectivity index (χ1v) is 10.4. The Labute approximate surface area is 180 Å². The molecule has 31 heavy (non-hydrogen) atoms. The van der Waals surface area contributed by atoms with Crippen LogP contribution in [0.2, 0.25) is 0 Å². The number of amides is 1. The van der Waals surface area contributed by atoms with Crippen LogP contribution in [0.15, 0.2) is 65.5 Å². The monoisotopic (exact) mass is 415 g/mol. The molecular weight excluding hydrogens is 390 g/mol. The number of rotatable bonds is 6. The standard InChI is InChI=1S/C24H25N5O2/c1-4-18-10-12-20(13-11-18)21-14-22-24(31)28(26-17(3)29(22)27-21)15-23(30)25-16(2)19-8-6-5-7-9-19/h5-14,16H,4,15H2,1-3H3,(H,25,30)/t16-/m0/s1. The first-order chi connectivity index (χ1) is 15.0. The van der Waals surface area contributed by atoms with Crippen LogP contribution in [0.1, 0.15) is 36.8 Å². The number of carbonyl (C=O) groups excluding carboxylic acids is 1. The van der Waals surface area contributed by atoms with Gasteiger partial charge in [-0.25, -0.2) is 9.20 Å². The maximum atomic E-state index is 13.0. The van der Waals surface area contributed by atoms with E-state index >= 15 is 0 Å². The summed E-state index contributed by atoms with van der Waals surface area (Å²) in [6.45, 7) is 5.63. The van der Waals surface area contributed by atoms with Gasteiger partial charge >= 0.3 is 0 Å². The van der Waals surface area contributed by atoms with Crippen LogP contribution < -0.4 is 10.9 Å². The molecule has 158 valence electrons. The van der Waals surface area contributed by atoms with Crippen molar-refractivity contribution in [1.82, 2.24) is 24.7 Å². The molecule has 0 radical (unpaired) electrons. The van der Waals surface area contributed by atoms with Crippen LogP contribution in [0.4, 0.5) is 0 Å². The maximum absolute atomic E-state index is 13.0. The molecule has 0 unspecified atom stereocenters. The second kappa shape index (κ2) is 8.55. The summed E-state index contributed by atoms with van der Waals surface area (Å²) in [5.41, 5.74) is 3.91. The van der Waals surface area contributed by atoms with Gasteiger partial charge in [0.25, 0.3) is 5.56 Å². The zero-order valence-corrected chi connectivity index (χ0v) is 17.9. The summed E-state index contributed by atoms with van der Waals surface area (Å²) in [7, 11) is 0. The van der Waals surface area contributed by atoms with Gasteiger partial charge in [0.15, 0.2) is 0 Å². The van der Waals surface area contributed by atoms with Gasteiger partial charge in [0.05, 0.1) is 11.7 Å². The van der Waals surface area contributed by atoms with Crippen molar-refractivity contribution in [2.24, 2.45) is 0 Å². The Hall–Kier alpha value is -3.74. The van der Waals surface area contributed by atoms with Crippen molar-refractivity contribution in [2.75, 3.05) is 0 Å². The Balaban J connectivity index is 1.59. The van der Waals surface area contributed by atoms with E-state index in [4.69, 9.17) is 0 Å². The predicted octanol–water partition coefficient (Wildman–Crippen LogP) is 3.31. The van der Waals surface area contributed by atoms with Gasteiger partial charge in [0.2, 0.25) is 5.91 Å². The molecule has 0 fully saturated rings. The zero-order chi connectivity index (χ0) is 22.0. The highest BCUT2D eigenvalue weighted by Crippen LogP contribution is 2.20. The third-order valence-electron chi connectivity index (χ3n) is 5.36. The molecule has 7 nitrogen and oxygen atoms in total. The molecule has 4 rings (SSSR count). The lowest BCUT2D eigenvalue weighted by molar-refractivity contribution is -0.122. The number of nitrogens with one attached hydrogen (secondary N) is 1. The maximum Gasteiger partial charge on any atom is 0.293 e. The molecule has 0 aliphatic carbocycles. The average Bonchev–Trinajstić information content (AvgIpc) is 3.24. The van der Waals surface area contributed by atoms with Crippen LogP contribution in [0.25, 0.3) is 16.8 Å². The minimum atomic E-state index is -0.350. The number of hydrogen-bond donors (Lipinski definition) is 1. The second-order valence-corrected chi connectivity index (χ2v) is 7.59. The van der Waals surface area contributed by atoms with Crippen LogP contribution in [0.3, 0.4) is 0 Å². The molecule has 4 aromatic rings. The van der Waals surface area contributed by atoms with Gasteiger partial charge in [-0.05, 0) is 37.5 Å². The highest BCUT2D eigenvalue weighted by molar-refractivity contribution is 5.76. The van der Waals surface area contributed by atoms with E-state index in [9.17, 15) is 9.59 Å². The van der Waals surface area contributed by atoms with Gasteiger partial charge in [0.1, 0.15) is 17.9 Å². The van der Waals surface area contributed by atoms with Gasteiger partial charge in [-0.1, -0.05) is 61.5 Å². The van der Waals surface area contributed by atoms with Crippen LogP contribution in [0, 0.1) is 6.92 Å². The van der Waals surface area contributed by atoms with Crippen molar-refractivity contribution in [3.8, 4) is 11.3 Å². The molecular formula is C24H25N5O2. The lowest BCUT2D eigenvalue weighted by atomic mass is 10.1. The van der Waals surface area contributed by atoms with Crippen LogP contribution in [0.5, 0.6) is 0 Å². The largest absolute Gasteiger partial charge is 0.348 e. The van der Waals surface area contributed by atoms with Crippen molar-refractivity contribution in [1.29, 1.82) is 0 Å². The fourth-order valence-electron chi connectivity index (χ4n) is 3.58. The van der Waals surface area contributed by atoms with E-state index in [1.807, 2.05) is 49.4 Å². The minimum Gasteiger partial charge on any atom is -0.348 e. The number of aryl methyl sites for hydroxylation is 2. The summed E-state index contributed by atoms with van der Waals surface area (Å²) in [5, 5.41) is 11.8. The van der Waals surface area contributed by atoms with Crippen LogP contribution in [-0.2, 0) is 17.8 Å². The van der Waals surface area contributed by atoms with E-state index in [0.717, 1.165) is 17.5 Å². The third-order valence-corrected chi connectivity index (χ3v) is 5.36. The Bertz CT molecular complexity index is 1270. The van der Waals surface area contributed by atoms with Crippen molar-refractivity contribution >= 4 is 11.4 Å². The highest BCUT2D eigenvalue weighted by atomic mass is 16.2. The number of aromatic nitrogens is 4. The molecule has 0 aliphatic heterocycles. The van der Waals surface area contributed by atoms with Gasteiger partial charge in [-0.15, -0.1) is 0 Å². The fraction of sp³-hybridized carbons (Fsp3) is 0.250. The van der Waals surface area contributed by atoms with Gasteiger partial charge in [0, 0.05) is 5.56 Å². The van der Waals surface area contributed by atoms with Crippen LogP contribution in [-0.4, -0.2) is 25.3 Å². The number of benzene rings is 2.